The van der Waals surface area contributed by atoms with Gasteiger partial charge in [-0.3, -0.25) is 9.59 Å². The third kappa shape index (κ3) is 46.9. The Kier molecular flexibility index (Phi) is 51.0. The Bertz CT molecular complexity index is 1010. The molecule has 6 nitrogen and oxygen atoms in total. The number of esters is 1. The molecule has 0 aromatic heterocycles. The monoisotopic (exact) mass is 902 g/mol. The van der Waals surface area contributed by atoms with Crippen molar-refractivity contribution >= 4 is 11.9 Å². The molecule has 0 radical (unpaired) electrons. The zero-order valence-corrected chi connectivity index (χ0v) is 43.2. The number of carbonyl (C=O) groups is 2. The quantitative estimate of drug-likeness (QED) is 0.0321. The van der Waals surface area contributed by atoms with Crippen LogP contribution in [0.3, 0.4) is 0 Å². The SMILES string of the molecule is CCCCC/C=C\C/C=C\CCCCCCCCCC(=O)OC(CCCCCCCCCCCCCCCCCC)CC(=O)NC(CO)C(O)CCCCCCCCCCCCCC. The summed E-state index contributed by atoms with van der Waals surface area (Å²) in [5.74, 6) is -0.463. The Balaban J connectivity index is 4.54. The molecule has 0 aromatic carbocycles. The average Bonchev–Trinajstić information content (AvgIpc) is 3.29. The lowest BCUT2D eigenvalue weighted by Gasteiger charge is -2.24. The van der Waals surface area contributed by atoms with Crippen LogP contribution >= 0.6 is 0 Å². The maximum absolute atomic E-state index is 13.3. The number of rotatable bonds is 52. The molecule has 0 spiro atoms. The Morgan fingerprint density at radius 2 is 0.797 bits per heavy atom. The van der Waals surface area contributed by atoms with E-state index in [4.69, 9.17) is 4.74 Å². The first-order valence-corrected chi connectivity index (χ1v) is 28.6. The Morgan fingerprint density at radius 3 is 1.22 bits per heavy atom. The van der Waals surface area contributed by atoms with Crippen LogP contribution < -0.4 is 5.32 Å². The van der Waals surface area contributed by atoms with Crippen molar-refractivity contribution < 1.29 is 24.5 Å². The van der Waals surface area contributed by atoms with E-state index in [9.17, 15) is 19.8 Å². The van der Waals surface area contributed by atoms with Gasteiger partial charge >= 0.3 is 5.97 Å². The zero-order valence-electron chi connectivity index (χ0n) is 43.2. The maximum Gasteiger partial charge on any atom is 0.306 e. The van der Waals surface area contributed by atoms with Gasteiger partial charge in [-0.2, -0.15) is 0 Å². The molecule has 0 rings (SSSR count). The highest BCUT2D eigenvalue weighted by atomic mass is 16.5. The van der Waals surface area contributed by atoms with E-state index in [0.717, 1.165) is 57.8 Å². The van der Waals surface area contributed by atoms with Gasteiger partial charge in [0.05, 0.1) is 25.2 Å². The van der Waals surface area contributed by atoms with Crippen LogP contribution in [0.2, 0.25) is 0 Å². The molecule has 0 aromatic rings. The lowest BCUT2D eigenvalue weighted by Crippen LogP contribution is -2.46. The third-order valence-corrected chi connectivity index (χ3v) is 13.3. The number of aliphatic hydroxyl groups is 2. The van der Waals surface area contributed by atoms with Crippen LogP contribution in [0.1, 0.15) is 310 Å². The number of nitrogens with one attached hydrogen (secondary N) is 1. The highest BCUT2D eigenvalue weighted by molar-refractivity contribution is 5.77. The molecule has 0 saturated carbocycles. The van der Waals surface area contributed by atoms with Crippen LogP contribution in [0, 0.1) is 0 Å². The van der Waals surface area contributed by atoms with E-state index >= 15 is 0 Å². The van der Waals surface area contributed by atoms with E-state index < -0.39 is 18.2 Å². The van der Waals surface area contributed by atoms with Crippen LogP contribution in [0.25, 0.3) is 0 Å². The van der Waals surface area contributed by atoms with Gasteiger partial charge in [0.1, 0.15) is 6.10 Å². The van der Waals surface area contributed by atoms with Gasteiger partial charge < -0.3 is 20.3 Å². The third-order valence-electron chi connectivity index (χ3n) is 13.3. The fraction of sp³-hybridized carbons (Fsp3) is 0.897. The Hall–Kier alpha value is -1.66. The van der Waals surface area contributed by atoms with Crippen molar-refractivity contribution in [2.45, 2.75) is 328 Å². The highest BCUT2D eigenvalue weighted by Gasteiger charge is 2.24. The minimum atomic E-state index is -0.785. The molecule has 0 heterocycles. The van der Waals surface area contributed by atoms with Crippen LogP contribution in [0.15, 0.2) is 24.3 Å². The molecule has 0 fully saturated rings. The molecule has 0 aliphatic rings. The van der Waals surface area contributed by atoms with Crippen molar-refractivity contribution in [3.8, 4) is 0 Å². The summed E-state index contributed by atoms with van der Waals surface area (Å²) in [4.78, 5) is 26.3. The highest BCUT2D eigenvalue weighted by Crippen LogP contribution is 2.19. The summed E-state index contributed by atoms with van der Waals surface area (Å²) in [6.07, 6.45) is 60.9. The van der Waals surface area contributed by atoms with E-state index in [2.05, 4.69) is 50.4 Å². The van der Waals surface area contributed by atoms with Gasteiger partial charge in [-0.1, -0.05) is 263 Å². The van der Waals surface area contributed by atoms with Gasteiger partial charge in [-0.25, -0.2) is 0 Å². The number of amides is 1. The summed E-state index contributed by atoms with van der Waals surface area (Å²) in [6, 6.07) is -0.698. The predicted octanol–water partition coefficient (Wildman–Crippen LogP) is 17.5. The molecule has 3 atom stereocenters. The lowest BCUT2D eigenvalue weighted by atomic mass is 10.0. The van der Waals surface area contributed by atoms with Crippen molar-refractivity contribution in [3.63, 3.8) is 0 Å². The molecular formula is C58H111NO5. The molecule has 6 heteroatoms. The summed E-state index contributed by atoms with van der Waals surface area (Å²) in [5, 5.41) is 23.8. The second-order valence-electron chi connectivity index (χ2n) is 19.7. The largest absolute Gasteiger partial charge is 0.462 e. The molecule has 3 N–H and O–H groups in total. The summed E-state index contributed by atoms with van der Waals surface area (Å²) in [7, 11) is 0. The Labute approximate surface area is 399 Å². The molecule has 0 aliphatic carbocycles. The van der Waals surface area contributed by atoms with Crippen molar-refractivity contribution in [2.24, 2.45) is 0 Å². The van der Waals surface area contributed by atoms with Crippen molar-refractivity contribution in [1.29, 1.82) is 0 Å². The van der Waals surface area contributed by atoms with Crippen LogP contribution in [-0.2, 0) is 14.3 Å². The maximum atomic E-state index is 13.3. The summed E-state index contributed by atoms with van der Waals surface area (Å²) in [6.45, 7) is 6.49. The average molecular weight is 903 g/mol. The second-order valence-corrected chi connectivity index (χ2v) is 19.7. The van der Waals surface area contributed by atoms with Crippen molar-refractivity contribution in [1.82, 2.24) is 5.32 Å². The minimum Gasteiger partial charge on any atom is -0.462 e. The first kappa shape index (κ1) is 62.3. The molecule has 0 saturated heterocycles. The molecule has 3 unspecified atom stereocenters. The fourth-order valence-corrected chi connectivity index (χ4v) is 8.93. The number of hydrogen-bond donors (Lipinski definition) is 3. The van der Waals surface area contributed by atoms with Gasteiger partial charge in [-0.05, 0) is 57.8 Å². The van der Waals surface area contributed by atoms with Crippen molar-refractivity contribution in [3.05, 3.63) is 24.3 Å². The number of allylic oxidation sites excluding steroid dienone is 4. The van der Waals surface area contributed by atoms with Crippen LogP contribution in [-0.4, -0.2) is 46.9 Å². The standard InChI is InChI=1S/C58H111NO5/c1-4-7-10-13-16-19-22-25-27-29-31-33-36-39-42-45-48-51-58(63)64-54(49-46-43-40-37-34-32-30-28-26-23-20-17-14-11-8-5-2)52-57(62)59-55(53-60)56(61)50-47-44-41-38-35-24-21-18-15-12-9-6-3/h16,19,25,27,54-56,60-61H,4-15,17-18,20-24,26,28-53H2,1-3H3,(H,59,62)/b19-16-,27-25-. The summed E-state index contributed by atoms with van der Waals surface area (Å²) in [5.41, 5.74) is 0. The van der Waals surface area contributed by atoms with Gasteiger partial charge in [0.25, 0.3) is 0 Å². The molecule has 1 amide bonds. The predicted molar refractivity (Wildman–Crippen MR) is 278 cm³/mol. The minimum absolute atomic E-state index is 0.0806. The smallest absolute Gasteiger partial charge is 0.306 e. The first-order valence-electron chi connectivity index (χ1n) is 28.6. The molecule has 378 valence electrons. The lowest BCUT2D eigenvalue weighted by molar-refractivity contribution is -0.151. The fourth-order valence-electron chi connectivity index (χ4n) is 8.93. The number of carbonyl (C=O) groups excluding carboxylic acids is 2. The van der Waals surface area contributed by atoms with Crippen LogP contribution in [0.5, 0.6) is 0 Å². The Morgan fingerprint density at radius 1 is 0.453 bits per heavy atom. The molecule has 0 aliphatic heterocycles. The van der Waals surface area contributed by atoms with E-state index in [-0.39, 0.29) is 24.9 Å². The van der Waals surface area contributed by atoms with Gasteiger partial charge in [0.15, 0.2) is 0 Å². The summed E-state index contributed by atoms with van der Waals surface area (Å²) >= 11 is 0. The topological polar surface area (TPSA) is 95.9 Å². The number of ether oxygens (including phenoxy) is 1. The zero-order chi connectivity index (χ0) is 46.7. The van der Waals surface area contributed by atoms with Gasteiger partial charge in [0, 0.05) is 6.42 Å². The van der Waals surface area contributed by atoms with Gasteiger partial charge in [0.2, 0.25) is 5.91 Å². The molecule has 0 bridgehead atoms. The molecule has 64 heavy (non-hydrogen) atoms. The number of unbranched alkanes of at least 4 members (excludes halogenated alkanes) is 36. The normalized spacial score (nSPS) is 13.3. The number of aliphatic hydroxyl groups excluding tert-OH is 2. The second kappa shape index (κ2) is 52.3. The van der Waals surface area contributed by atoms with E-state index in [1.165, 1.54) is 205 Å². The van der Waals surface area contributed by atoms with E-state index in [0.29, 0.717) is 19.3 Å². The van der Waals surface area contributed by atoms with Gasteiger partial charge in [-0.15, -0.1) is 0 Å². The van der Waals surface area contributed by atoms with E-state index in [1.54, 1.807) is 0 Å². The first-order chi connectivity index (χ1) is 31.5. The summed E-state index contributed by atoms with van der Waals surface area (Å²) < 4.78 is 5.96. The van der Waals surface area contributed by atoms with E-state index in [1.807, 2.05) is 0 Å². The van der Waals surface area contributed by atoms with Crippen LogP contribution in [0.4, 0.5) is 0 Å². The van der Waals surface area contributed by atoms with Crippen molar-refractivity contribution in [2.75, 3.05) is 6.61 Å². The number of hydrogen-bond acceptors (Lipinski definition) is 5. The molecular weight excluding hydrogens is 791 g/mol.